The van der Waals surface area contributed by atoms with Crippen molar-refractivity contribution in [3.63, 3.8) is 0 Å². The third-order valence-electron chi connectivity index (χ3n) is 7.63. The Labute approximate surface area is 240 Å². The molecular weight excluding hydrogens is 531 g/mol. The number of aliphatic hydroxyl groups excluding tert-OH is 1. The van der Waals surface area contributed by atoms with E-state index < -0.39 is 6.43 Å². The second-order valence-electron chi connectivity index (χ2n) is 10.5. The van der Waals surface area contributed by atoms with Gasteiger partial charge in [0.25, 0.3) is 6.43 Å². The fourth-order valence-corrected chi connectivity index (χ4v) is 5.73. The van der Waals surface area contributed by atoms with E-state index in [1.165, 1.54) is 23.3 Å². The van der Waals surface area contributed by atoms with Gasteiger partial charge < -0.3 is 5.11 Å². The van der Waals surface area contributed by atoms with Crippen LogP contribution < -0.4 is 0 Å². The van der Waals surface area contributed by atoms with Crippen LogP contribution in [0.2, 0.25) is 5.02 Å². The fraction of sp³-hybridized carbons (Fsp3) is 0.353. The maximum atomic E-state index is 14.4. The number of benzene rings is 3. The smallest absolute Gasteiger partial charge is 0.265 e. The van der Waals surface area contributed by atoms with Gasteiger partial charge in [0.2, 0.25) is 0 Å². The van der Waals surface area contributed by atoms with E-state index in [0.717, 1.165) is 49.8 Å². The maximum Gasteiger partial charge on any atom is 0.265 e. The second-order valence-corrected chi connectivity index (χ2v) is 10.9. The summed E-state index contributed by atoms with van der Waals surface area (Å²) in [6.07, 6.45) is 8.53. The van der Waals surface area contributed by atoms with Crippen LogP contribution in [-0.4, -0.2) is 23.1 Å². The summed E-state index contributed by atoms with van der Waals surface area (Å²) in [7, 11) is 0. The monoisotopic (exact) mass is 567 g/mol. The van der Waals surface area contributed by atoms with E-state index in [0.29, 0.717) is 24.2 Å². The minimum atomic E-state index is -2.63. The summed E-state index contributed by atoms with van der Waals surface area (Å²) in [5.74, 6) is -0.232. The first-order chi connectivity index (χ1) is 19.4. The van der Waals surface area contributed by atoms with Crippen molar-refractivity contribution in [1.29, 1.82) is 0 Å². The van der Waals surface area contributed by atoms with Crippen LogP contribution in [0.3, 0.4) is 0 Å². The Morgan fingerprint density at radius 2 is 1.80 bits per heavy atom. The molecule has 0 heterocycles. The van der Waals surface area contributed by atoms with Gasteiger partial charge in [-0.15, -0.1) is 0 Å². The number of nitrogens with zero attached hydrogens (tertiary/aromatic N) is 1. The van der Waals surface area contributed by atoms with Crippen molar-refractivity contribution < 1.29 is 18.3 Å². The Morgan fingerprint density at radius 1 is 1.00 bits per heavy atom. The molecular formula is C34H37ClF3NO. The van der Waals surface area contributed by atoms with Crippen LogP contribution >= 0.6 is 11.6 Å². The normalized spacial score (nSPS) is 14.2. The number of allylic oxidation sites excluding steroid dienone is 3. The number of aliphatic hydroxyl groups is 1. The predicted octanol–water partition coefficient (Wildman–Crippen LogP) is 9.10. The lowest BCUT2D eigenvalue weighted by atomic mass is 9.87. The summed E-state index contributed by atoms with van der Waals surface area (Å²) in [6, 6.07) is 18.7. The average Bonchev–Trinajstić information content (AvgIpc) is 2.95. The van der Waals surface area contributed by atoms with Crippen LogP contribution in [0.5, 0.6) is 0 Å². The summed E-state index contributed by atoms with van der Waals surface area (Å²) in [5, 5.41) is 9.53. The average molecular weight is 568 g/mol. The van der Waals surface area contributed by atoms with Crippen molar-refractivity contribution in [3.05, 3.63) is 129 Å². The highest BCUT2D eigenvalue weighted by Crippen LogP contribution is 2.33. The van der Waals surface area contributed by atoms with E-state index >= 15 is 0 Å². The molecule has 0 radical (unpaired) electrons. The summed E-state index contributed by atoms with van der Waals surface area (Å²) in [4.78, 5) is 2.30. The summed E-state index contributed by atoms with van der Waals surface area (Å²) in [5.41, 5.74) is 5.05. The van der Waals surface area contributed by atoms with Gasteiger partial charge in [0, 0.05) is 30.1 Å². The van der Waals surface area contributed by atoms with Crippen LogP contribution in [0.1, 0.15) is 71.4 Å². The first-order valence-electron chi connectivity index (χ1n) is 14.0. The summed E-state index contributed by atoms with van der Waals surface area (Å²) in [6.45, 7) is 3.42. The second kappa shape index (κ2) is 14.7. The first-order valence-corrected chi connectivity index (χ1v) is 14.3. The highest BCUT2D eigenvalue weighted by atomic mass is 35.5. The minimum absolute atomic E-state index is 0.130. The molecule has 40 heavy (non-hydrogen) atoms. The molecule has 2 nitrogen and oxygen atoms in total. The van der Waals surface area contributed by atoms with Gasteiger partial charge >= 0.3 is 0 Å². The lowest BCUT2D eigenvalue weighted by Gasteiger charge is -2.30. The zero-order chi connectivity index (χ0) is 28.5. The Morgan fingerprint density at radius 3 is 2.48 bits per heavy atom. The number of unbranched alkanes of at least 4 members (excludes halogenated alkanes) is 1. The van der Waals surface area contributed by atoms with Crippen molar-refractivity contribution in [2.24, 2.45) is 0 Å². The molecule has 0 fully saturated rings. The molecule has 1 atom stereocenters. The van der Waals surface area contributed by atoms with E-state index in [2.05, 4.69) is 35.3 Å². The number of hydrogen-bond acceptors (Lipinski definition) is 2. The zero-order valence-electron chi connectivity index (χ0n) is 22.9. The molecule has 1 aliphatic rings. The topological polar surface area (TPSA) is 23.5 Å². The number of rotatable bonds is 13. The third-order valence-corrected chi connectivity index (χ3v) is 8.09. The van der Waals surface area contributed by atoms with Crippen molar-refractivity contribution >= 4 is 11.6 Å². The van der Waals surface area contributed by atoms with Gasteiger partial charge in [-0.05, 0) is 79.5 Å². The lowest BCUT2D eigenvalue weighted by Crippen LogP contribution is -2.30. The van der Waals surface area contributed by atoms with Crippen LogP contribution in [0.15, 0.2) is 84.5 Å². The molecule has 1 N–H and O–H groups in total. The highest BCUT2D eigenvalue weighted by molar-refractivity contribution is 6.32. The number of alkyl halides is 2. The van der Waals surface area contributed by atoms with Gasteiger partial charge in [0.05, 0.1) is 11.6 Å². The molecule has 0 amide bonds. The minimum Gasteiger partial charge on any atom is -0.392 e. The Bertz CT molecular complexity index is 1300. The lowest BCUT2D eigenvalue weighted by molar-refractivity contribution is 0.151. The first kappa shape index (κ1) is 30.1. The molecule has 1 aliphatic carbocycles. The van der Waals surface area contributed by atoms with Crippen molar-refractivity contribution in [3.8, 4) is 0 Å². The van der Waals surface area contributed by atoms with Gasteiger partial charge in [-0.2, -0.15) is 0 Å². The van der Waals surface area contributed by atoms with E-state index in [4.69, 9.17) is 11.6 Å². The SMILES string of the molecule is Cc1cc(CCCCN(Cc2cccc(C(F)F)c2Cl)CC(C2=CCCC=C2)c2ccccc2)cc(F)c1CO. The standard InChI is InChI=1S/C34H37ClF3NO/c1-24-19-25(20-32(36)31(24)23-40)11-8-9-18-39(21-28-16-10-17-29(33(28)35)34(37)38)22-30(26-12-4-2-5-13-26)27-14-6-3-7-15-27/h2,4-6,10,12-17,19-20,30,34,40H,3,7-9,11,18,21-23H2,1H3. The molecule has 0 aromatic heterocycles. The molecule has 4 rings (SSSR count). The largest absolute Gasteiger partial charge is 0.392 e. The van der Waals surface area contributed by atoms with E-state index in [1.807, 2.05) is 37.3 Å². The summed E-state index contributed by atoms with van der Waals surface area (Å²) < 4.78 is 41.5. The van der Waals surface area contributed by atoms with Gasteiger partial charge in [-0.3, -0.25) is 4.90 Å². The van der Waals surface area contributed by atoms with Gasteiger partial charge in [-0.25, -0.2) is 13.2 Å². The molecule has 0 saturated carbocycles. The quantitative estimate of drug-likeness (QED) is 0.208. The van der Waals surface area contributed by atoms with E-state index in [9.17, 15) is 18.3 Å². The zero-order valence-corrected chi connectivity index (χ0v) is 23.7. The predicted molar refractivity (Wildman–Crippen MR) is 157 cm³/mol. The molecule has 3 aromatic rings. The van der Waals surface area contributed by atoms with Crippen molar-refractivity contribution in [2.45, 2.75) is 64.5 Å². The molecule has 0 aliphatic heterocycles. The van der Waals surface area contributed by atoms with Crippen molar-refractivity contribution in [1.82, 2.24) is 4.90 Å². The molecule has 0 bridgehead atoms. The third kappa shape index (κ3) is 7.87. The maximum absolute atomic E-state index is 14.4. The Kier molecular flexibility index (Phi) is 11.0. The molecule has 3 aromatic carbocycles. The molecule has 0 spiro atoms. The Balaban J connectivity index is 1.53. The molecule has 0 saturated heterocycles. The highest BCUT2D eigenvalue weighted by Gasteiger charge is 2.22. The van der Waals surface area contributed by atoms with E-state index in [-0.39, 0.29) is 28.9 Å². The number of aryl methyl sites for hydroxylation is 2. The van der Waals surface area contributed by atoms with E-state index in [1.54, 1.807) is 6.07 Å². The molecule has 6 heteroatoms. The van der Waals surface area contributed by atoms with Crippen LogP contribution in [-0.2, 0) is 19.6 Å². The Hall–Kier alpha value is -2.86. The van der Waals surface area contributed by atoms with Crippen molar-refractivity contribution in [2.75, 3.05) is 13.1 Å². The fourth-order valence-electron chi connectivity index (χ4n) is 5.46. The van der Waals surface area contributed by atoms with Crippen LogP contribution in [0, 0.1) is 12.7 Å². The molecule has 212 valence electrons. The number of hydrogen-bond donors (Lipinski definition) is 1. The number of halogens is 4. The summed E-state index contributed by atoms with van der Waals surface area (Å²) >= 11 is 6.46. The van der Waals surface area contributed by atoms with Gasteiger partial charge in [-0.1, -0.05) is 84.4 Å². The molecule has 1 unspecified atom stereocenters. The van der Waals surface area contributed by atoms with Crippen LogP contribution in [0.25, 0.3) is 0 Å². The van der Waals surface area contributed by atoms with Gasteiger partial charge in [0.1, 0.15) is 5.82 Å². The van der Waals surface area contributed by atoms with Crippen LogP contribution in [0.4, 0.5) is 13.2 Å². The van der Waals surface area contributed by atoms with Gasteiger partial charge in [0.15, 0.2) is 0 Å².